The Morgan fingerprint density at radius 2 is 1.72 bits per heavy atom. The summed E-state index contributed by atoms with van der Waals surface area (Å²) in [5.41, 5.74) is 1.34. The van der Waals surface area contributed by atoms with E-state index >= 15 is 0 Å². The molecule has 1 aliphatic rings. The van der Waals surface area contributed by atoms with Crippen LogP contribution in [0.5, 0.6) is 11.5 Å². The molecule has 0 aliphatic carbocycles. The Morgan fingerprint density at radius 3 is 2.34 bits per heavy atom. The van der Waals surface area contributed by atoms with Crippen molar-refractivity contribution in [2.45, 2.75) is 19.4 Å². The molecule has 3 rings (SSSR count). The highest BCUT2D eigenvalue weighted by Gasteiger charge is 2.29. The molecule has 0 atom stereocenters. The van der Waals surface area contributed by atoms with Crippen molar-refractivity contribution < 1.29 is 23.8 Å². The van der Waals surface area contributed by atoms with Crippen molar-refractivity contribution in [3.05, 3.63) is 58.6 Å². The van der Waals surface area contributed by atoms with Crippen molar-refractivity contribution in [1.82, 2.24) is 4.90 Å². The number of rotatable bonds is 6. The molecule has 1 amide bonds. The van der Waals surface area contributed by atoms with Crippen molar-refractivity contribution in [2.75, 3.05) is 27.3 Å². The molecule has 2 aromatic carbocycles. The Labute approximate surface area is 175 Å². The van der Waals surface area contributed by atoms with Gasteiger partial charge in [0, 0.05) is 29.2 Å². The SMILES string of the molecule is COc1ccc(OC)c(COC(=O)C2CCN(C(=O)c3ccc(Cl)cc3)CC2)c1. The van der Waals surface area contributed by atoms with Crippen LogP contribution < -0.4 is 9.47 Å². The molecule has 6 nitrogen and oxygen atoms in total. The van der Waals surface area contributed by atoms with Gasteiger partial charge in [0.2, 0.25) is 0 Å². The molecular formula is C22H24ClNO5. The van der Waals surface area contributed by atoms with Crippen molar-refractivity contribution in [3.8, 4) is 11.5 Å². The number of hydrogen-bond donors (Lipinski definition) is 0. The first-order valence-electron chi connectivity index (χ1n) is 9.44. The van der Waals surface area contributed by atoms with E-state index in [4.69, 9.17) is 25.8 Å². The fourth-order valence-corrected chi connectivity index (χ4v) is 3.48. The summed E-state index contributed by atoms with van der Waals surface area (Å²) in [7, 11) is 3.15. The van der Waals surface area contributed by atoms with Crippen LogP contribution in [0.3, 0.4) is 0 Å². The molecule has 1 aliphatic heterocycles. The number of nitrogens with zero attached hydrogens (tertiary/aromatic N) is 1. The second-order valence-electron chi connectivity index (χ2n) is 6.86. The van der Waals surface area contributed by atoms with Gasteiger partial charge in [0.15, 0.2) is 0 Å². The number of halogens is 1. The number of methoxy groups -OCH3 is 2. The number of hydrogen-bond acceptors (Lipinski definition) is 5. The second-order valence-corrected chi connectivity index (χ2v) is 7.30. The predicted molar refractivity (Wildman–Crippen MR) is 109 cm³/mol. The third-order valence-corrected chi connectivity index (χ3v) is 5.32. The highest BCUT2D eigenvalue weighted by Crippen LogP contribution is 2.26. The van der Waals surface area contributed by atoms with E-state index in [9.17, 15) is 9.59 Å². The molecular weight excluding hydrogens is 394 g/mol. The quantitative estimate of drug-likeness (QED) is 0.666. The van der Waals surface area contributed by atoms with E-state index in [0.717, 1.165) is 5.56 Å². The van der Waals surface area contributed by atoms with Gasteiger partial charge < -0.3 is 19.1 Å². The van der Waals surface area contributed by atoms with Crippen LogP contribution in [0.4, 0.5) is 0 Å². The zero-order chi connectivity index (χ0) is 20.8. The summed E-state index contributed by atoms with van der Waals surface area (Å²) < 4.78 is 16.0. The number of benzene rings is 2. The highest BCUT2D eigenvalue weighted by atomic mass is 35.5. The molecule has 29 heavy (non-hydrogen) atoms. The van der Waals surface area contributed by atoms with Crippen LogP contribution in [-0.4, -0.2) is 44.1 Å². The molecule has 0 radical (unpaired) electrons. The van der Waals surface area contributed by atoms with Gasteiger partial charge in [-0.2, -0.15) is 0 Å². The van der Waals surface area contributed by atoms with E-state index < -0.39 is 0 Å². The lowest BCUT2D eigenvalue weighted by Crippen LogP contribution is -2.40. The largest absolute Gasteiger partial charge is 0.497 e. The van der Waals surface area contributed by atoms with Crippen LogP contribution in [0.2, 0.25) is 5.02 Å². The average Bonchev–Trinajstić information content (AvgIpc) is 2.77. The number of piperidine rings is 1. The predicted octanol–water partition coefficient (Wildman–Crippen LogP) is 3.95. The number of likely N-dealkylation sites (tertiary alicyclic amines) is 1. The van der Waals surface area contributed by atoms with Gasteiger partial charge in [-0.25, -0.2) is 0 Å². The van der Waals surface area contributed by atoms with E-state index in [1.54, 1.807) is 61.6 Å². The number of esters is 1. The Balaban J connectivity index is 1.52. The summed E-state index contributed by atoms with van der Waals surface area (Å²) in [5.74, 6) is 0.789. The van der Waals surface area contributed by atoms with E-state index in [-0.39, 0.29) is 24.4 Å². The minimum absolute atomic E-state index is 0.0467. The minimum Gasteiger partial charge on any atom is -0.497 e. The molecule has 0 aromatic heterocycles. The minimum atomic E-state index is -0.256. The lowest BCUT2D eigenvalue weighted by atomic mass is 9.96. The van der Waals surface area contributed by atoms with E-state index in [1.165, 1.54) is 0 Å². The molecule has 1 saturated heterocycles. The Hall–Kier alpha value is -2.73. The van der Waals surface area contributed by atoms with Gasteiger partial charge in [0.1, 0.15) is 18.1 Å². The molecule has 0 saturated carbocycles. The molecule has 1 fully saturated rings. The van der Waals surface area contributed by atoms with Gasteiger partial charge >= 0.3 is 5.97 Å². The van der Waals surface area contributed by atoms with E-state index in [0.29, 0.717) is 48.0 Å². The van der Waals surface area contributed by atoms with Crippen LogP contribution in [0.1, 0.15) is 28.8 Å². The van der Waals surface area contributed by atoms with Gasteiger partial charge in [0.05, 0.1) is 20.1 Å². The topological polar surface area (TPSA) is 65.1 Å². The lowest BCUT2D eigenvalue weighted by Gasteiger charge is -2.31. The van der Waals surface area contributed by atoms with Gasteiger partial charge in [-0.05, 0) is 55.3 Å². The summed E-state index contributed by atoms with van der Waals surface area (Å²) in [5, 5.41) is 0.593. The molecule has 0 spiro atoms. The summed E-state index contributed by atoms with van der Waals surface area (Å²) in [6, 6.07) is 12.2. The van der Waals surface area contributed by atoms with Gasteiger partial charge in [-0.1, -0.05) is 11.6 Å². The van der Waals surface area contributed by atoms with E-state index in [1.807, 2.05) is 0 Å². The number of carbonyl (C=O) groups excluding carboxylic acids is 2. The maximum absolute atomic E-state index is 12.6. The fourth-order valence-electron chi connectivity index (χ4n) is 3.35. The van der Waals surface area contributed by atoms with Gasteiger partial charge in [-0.15, -0.1) is 0 Å². The molecule has 2 aromatic rings. The molecule has 7 heteroatoms. The number of ether oxygens (including phenoxy) is 3. The molecule has 1 heterocycles. The van der Waals surface area contributed by atoms with Crippen LogP contribution in [0.25, 0.3) is 0 Å². The van der Waals surface area contributed by atoms with Gasteiger partial charge in [-0.3, -0.25) is 9.59 Å². The fraction of sp³-hybridized carbons (Fsp3) is 0.364. The maximum Gasteiger partial charge on any atom is 0.309 e. The smallest absolute Gasteiger partial charge is 0.309 e. The average molecular weight is 418 g/mol. The standard InChI is InChI=1S/C22H24ClNO5/c1-27-19-7-8-20(28-2)17(13-19)14-29-22(26)16-9-11-24(12-10-16)21(25)15-3-5-18(23)6-4-15/h3-8,13,16H,9-12,14H2,1-2H3. The second kappa shape index (κ2) is 9.65. The molecule has 154 valence electrons. The Bertz CT molecular complexity index is 860. The first-order chi connectivity index (χ1) is 14.0. The highest BCUT2D eigenvalue weighted by molar-refractivity contribution is 6.30. The van der Waals surface area contributed by atoms with Gasteiger partial charge in [0.25, 0.3) is 5.91 Å². The summed E-state index contributed by atoms with van der Waals surface area (Å²) in [4.78, 5) is 26.8. The van der Waals surface area contributed by atoms with Crippen molar-refractivity contribution in [1.29, 1.82) is 0 Å². The first-order valence-corrected chi connectivity index (χ1v) is 9.82. The third kappa shape index (κ3) is 5.21. The Morgan fingerprint density at radius 1 is 1.03 bits per heavy atom. The lowest BCUT2D eigenvalue weighted by molar-refractivity contribution is -0.151. The maximum atomic E-state index is 12.6. The zero-order valence-corrected chi connectivity index (χ0v) is 17.3. The van der Waals surface area contributed by atoms with E-state index in [2.05, 4.69) is 0 Å². The van der Waals surface area contributed by atoms with Crippen LogP contribution >= 0.6 is 11.6 Å². The van der Waals surface area contributed by atoms with Crippen molar-refractivity contribution in [2.24, 2.45) is 5.92 Å². The molecule has 0 unspecified atom stereocenters. The monoisotopic (exact) mass is 417 g/mol. The Kier molecular flexibility index (Phi) is 6.99. The van der Waals surface area contributed by atoms with Crippen LogP contribution in [0.15, 0.2) is 42.5 Å². The molecule has 0 N–H and O–H groups in total. The third-order valence-electron chi connectivity index (χ3n) is 5.06. The van der Waals surface area contributed by atoms with Crippen molar-refractivity contribution in [3.63, 3.8) is 0 Å². The molecule has 0 bridgehead atoms. The summed E-state index contributed by atoms with van der Waals surface area (Å²) >= 11 is 5.87. The van der Waals surface area contributed by atoms with Crippen molar-refractivity contribution >= 4 is 23.5 Å². The number of carbonyl (C=O) groups is 2. The normalized spacial score (nSPS) is 14.4. The van der Waals surface area contributed by atoms with Crippen LogP contribution in [-0.2, 0) is 16.1 Å². The summed E-state index contributed by atoms with van der Waals surface area (Å²) in [6.07, 6.45) is 1.15. The van der Waals surface area contributed by atoms with Crippen LogP contribution in [0, 0.1) is 5.92 Å². The number of amides is 1. The first kappa shape index (κ1) is 21.0. The summed E-state index contributed by atoms with van der Waals surface area (Å²) in [6.45, 7) is 1.15. The zero-order valence-electron chi connectivity index (χ0n) is 16.5.